The molecule has 69 valence electrons. The van der Waals surface area contributed by atoms with Crippen LogP contribution in [0.25, 0.3) is 0 Å². The molecule has 1 fully saturated rings. The molecule has 2 rings (SSSR count). The van der Waals surface area contributed by atoms with E-state index in [1.807, 2.05) is 0 Å². The molecule has 0 heterocycles. The van der Waals surface area contributed by atoms with Crippen molar-refractivity contribution in [3.63, 3.8) is 0 Å². The van der Waals surface area contributed by atoms with Crippen LogP contribution in [0, 0.1) is 6.42 Å². The molecule has 0 unspecified atom stereocenters. The van der Waals surface area contributed by atoms with E-state index >= 15 is 0 Å². The maximum absolute atomic E-state index is 2.36. The molecule has 0 N–H and O–H groups in total. The topological polar surface area (TPSA) is 0 Å². The minimum absolute atomic E-state index is 0.655. The first-order valence-electron chi connectivity index (χ1n) is 5.19. The molecule has 0 aromatic heterocycles. The molecule has 1 aliphatic rings. The Morgan fingerprint density at radius 2 is 1.69 bits per heavy atom. The van der Waals surface area contributed by atoms with Crippen molar-refractivity contribution in [2.75, 3.05) is 0 Å². The van der Waals surface area contributed by atoms with Gasteiger partial charge in [0.1, 0.15) is 0 Å². The summed E-state index contributed by atoms with van der Waals surface area (Å²) in [5.41, 5.74) is 2.97. The Balaban J connectivity index is 2.13. The Hall–Kier alpha value is -0.780. The molecule has 0 heteroatoms. The van der Waals surface area contributed by atoms with E-state index in [4.69, 9.17) is 0 Å². The van der Waals surface area contributed by atoms with Crippen LogP contribution < -0.4 is 0 Å². The number of hydrogen-bond acceptors (Lipinski definition) is 0. The Labute approximate surface area is 81.0 Å². The molecule has 0 spiro atoms. The van der Waals surface area contributed by atoms with Gasteiger partial charge in [-0.2, -0.15) is 0 Å². The highest BCUT2D eigenvalue weighted by Gasteiger charge is 2.19. The van der Waals surface area contributed by atoms with E-state index in [-0.39, 0.29) is 0 Å². The second kappa shape index (κ2) is 3.53. The minimum Gasteiger partial charge on any atom is -0.0587 e. The summed E-state index contributed by atoms with van der Waals surface area (Å²) in [6.07, 6.45) is 4.92. The van der Waals surface area contributed by atoms with E-state index in [9.17, 15) is 0 Å². The maximum Gasteiger partial charge on any atom is -0.0156 e. The molecule has 1 radical (unpaired) electrons. The van der Waals surface area contributed by atoms with Gasteiger partial charge in [-0.25, -0.2) is 0 Å². The number of benzene rings is 1. The van der Waals surface area contributed by atoms with Gasteiger partial charge in [-0.15, -0.1) is 0 Å². The molecule has 1 aromatic rings. The predicted octanol–water partition coefficient (Wildman–Crippen LogP) is 3.89. The van der Waals surface area contributed by atoms with Gasteiger partial charge < -0.3 is 0 Å². The third kappa shape index (κ3) is 1.77. The van der Waals surface area contributed by atoms with E-state index in [0.29, 0.717) is 5.92 Å². The third-order valence-corrected chi connectivity index (χ3v) is 2.98. The third-order valence-electron chi connectivity index (χ3n) is 2.98. The average molecular weight is 173 g/mol. The first-order valence-corrected chi connectivity index (χ1v) is 5.19. The van der Waals surface area contributed by atoms with Crippen molar-refractivity contribution in [2.45, 2.75) is 38.5 Å². The molecular formula is C13H17. The monoisotopic (exact) mass is 173 g/mol. The van der Waals surface area contributed by atoms with Crippen LogP contribution >= 0.6 is 0 Å². The van der Waals surface area contributed by atoms with Crippen LogP contribution in [0.4, 0.5) is 0 Å². The summed E-state index contributed by atoms with van der Waals surface area (Å²) in [5.74, 6) is 1.48. The fraction of sp³-hybridized carbons (Fsp3) is 0.462. The van der Waals surface area contributed by atoms with Gasteiger partial charge in [0, 0.05) is 0 Å². The van der Waals surface area contributed by atoms with Crippen LogP contribution in [-0.4, -0.2) is 0 Å². The van der Waals surface area contributed by atoms with Gasteiger partial charge >= 0.3 is 0 Å². The largest absolute Gasteiger partial charge is 0.0587 e. The fourth-order valence-electron chi connectivity index (χ4n) is 1.76. The van der Waals surface area contributed by atoms with Gasteiger partial charge in [-0.3, -0.25) is 0 Å². The molecule has 0 aliphatic heterocycles. The highest BCUT2D eigenvalue weighted by Crippen LogP contribution is 2.35. The Kier molecular flexibility index (Phi) is 2.39. The summed E-state index contributed by atoms with van der Waals surface area (Å²) >= 11 is 0. The van der Waals surface area contributed by atoms with E-state index in [2.05, 4.69) is 44.5 Å². The van der Waals surface area contributed by atoms with Crippen molar-refractivity contribution in [1.82, 2.24) is 0 Å². The van der Waals surface area contributed by atoms with E-state index in [0.717, 1.165) is 5.92 Å². The van der Waals surface area contributed by atoms with Crippen LogP contribution in [0.15, 0.2) is 24.3 Å². The van der Waals surface area contributed by atoms with Crippen LogP contribution in [0.2, 0.25) is 0 Å². The van der Waals surface area contributed by atoms with Gasteiger partial charge in [0.05, 0.1) is 0 Å². The second-order valence-corrected chi connectivity index (χ2v) is 4.28. The smallest absolute Gasteiger partial charge is 0.0156 e. The van der Waals surface area contributed by atoms with Crippen LogP contribution in [0.1, 0.15) is 49.7 Å². The zero-order valence-electron chi connectivity index (χ0n) is 8.46. The van der Waals surface area contributed by atoms with Crippen LogP contribution in [0.5, 0.6) is 0 Å². The van der Waals surface area contributed by atoms with E-state index in [1.165, 1.54) is 24.0 Å². The molecule has 1 aromatic carbocycles. The van der Waals surface area contributed by atoms with Crippen molar-refractivity contribution in [3.8, 4) is 0 Å². The summed E-state index contributed by atoms with van der Waals surface area (Å²) < 4.78 is 0. The Morgan fingerprint density at radius 1 is 1.08 bits per heavy atom. The van der Waals surface area contributed by atoms with Gasteiger partial charge in [0.2, 0.25) is 0 Å². The lowest BCUT2D eigenvalue weighted by atomic mass is 9.80. The van der Waals surface area contributed by atoms with Gasteiger partial charge in [-0.1, -0.05) is 38.1 Å². The molecule has 0 amide bonds. The zero-order chi connectivity index (χ0) is 9.26. The summed E-state index contributed by atoms with van der Waals surface area (Å²) in [4.78, 5) is 0. The molecule has 1 aliphatic carbocycles. The minimum atomic E-state index is 0.655. The highest BCUT2D eigenvalue weighted by molar-refractivity contribution is 5.29. The standard InChI is InChI=1S/C13H17/c1-10(2)11-6-8-13(9-7-11)12-4-3-5-12/h3,6-10,12H,4-5H2,1-2H3. The second-order valence-electron chi connectivity index (χ2n) is 4.28. The normalized spacial score (nSPS) is 17.5. The maximum atomic E-state index is 2.36. The fourth-order valence-corrected chi connectivity index (χ4v) is 1.76. The molecule has 0 atom stereocenters. The van der Waals surface area contributed by atoms with Crippen LogP contribution in [0.3, 0.4) is 0 Å². The average Bonchev–Trinajstić information content (AvgIpc) is 2.02. The molecule has 0 bridgehead atoms. The zero-order valence-corrected chi connectivity index (χ0v) is 8.46. The van der Waals surface area contributed by atoms with Crippen molar-refractivity contribution in [3.05, 3.63) is 41.8 Å². The van der Waals surface area contributed by atoms with Crippen molar-refractivity contribution in [1.29, 1.82) is 0 Å². The lowest BCUT2D eigenvalue weighted by Crippen LogP contribution is -2.09. The first-order chi connectivity index (χ1) is 6.27. The van der Waals surface area contributed by atoms with Gasteiger partial charge in [0.25, 0.3) is 0 Å². The van der Waals surface area contributed by atoms with E-state index in [1.54, 1.807) is 0 Å². The van der Waals surface area contributed by atoms with Crippen molar-refractivity contribution >= 4 is 0 Å². The Bertz CT molecular complexity index is 265. The Morgan fingerprint density at radius 3 is 2.08 bits per heavy atom. The predicted molar refractivity (Wildman–Crippen MR) is 56.8 cm³/mol. The summed E-state index contributed by atoms with van der Waals surface area (Å²) in [6.45, 7) is 4.48. The highest BCUT2D eigenvalue weighted by atomic mass is 14.2. The summed E-state index contributed by atoms with van der Waals surface area (Å²) in [7, 11) is 0. The molecule has 1 saturated carbocycles. The first kappa shape index (κ1) is 8.80. The van der Waals surface area contributed by atoms with E-state index < -0.39 is 0 Å². The van der Waals surface area contributed by atoms with Crippen molar-refractivity contribution < 1.29 is 0 Å². The molecule has 0 saturated heterocycles. The summed E-state index contributed by atoms with van der Waals surface area (Å²) in [5, 5.41) is 0. The number of rotatable bonds is 2. The quantitative estimate of drug-likeness (QED) is 0.636. The summed E-state index contributed by atoms with van der Waals surface area (Å²) in [6, 6.07) is 9.15. The van der Waals surface area contributed by atoms with Gasteiger partial charge in [0.15, 0.2) is 0 Å². The van der Waals surface area contributed by atoms with Gasteiger partial charge in [-0.05, 0) is 42.2 Å². The van der Waals surface area contributed by atoms with Crippen LogP contribution in [-0.2, 0) is 0 Å². The lowest BCUT2D eigenvalue weighted by molar-refractivity contribution is 0.540. The SMILES string of the molecule is CC(C)c1ccc(C2C[CH]C2)cc1. The number of hydrogen-bond donors (Lipinski definition) is 0. The molecule has 0 nitrogen and oxygen atoms in total. The van der Waals surface area contributed by atoms with Crippen molar-refractivity contribution in [2.24, 2.45) is 0 Å². The lowest BCUT2D eigenvalue weighted by Gasteiger charge is -2.25. The molecular weight excluding hydrogens is 156 g/mol. The molecule has 13 heavy (non-hydrogen) atoms.